The van der Waals surface area contributed by atoms with Crippen molar-refractivity contribution in [3.05, 3.63) is 64.7 Å². The second-order valence-electron chi connectivity index (χ2n) is 7.43. The Morgan fingerprint density at radius 3 is 2.29 bits per heavy atom. The van der Waals surface area contributed by atoms with Crippen molar-refractivity contribution < 1.29 is 22.0 Å². The molecule has 0 bridgehead atoms. The number of benzene rings is 2. The first kappa shape index (κ1) is 20.9. The van der Waals surface area contributed by atoms with Crippen LogP contribution in [0.3, 0.4) is 0 Å². The molecule has 0 aromatic heterocycles. The summed E-state index contributed by atoms with van der Waals surface area (Å²) in [5, 5.41) is 0.384. The molecule has 0 saturated heterocycles. The predicted molar refractivity (Wildman–Crippen MR) is 104 cm³/mol. The Kier molecular flexibility index (Phi) is 5.92. The SMILES string of the molecule is CC(=O)CC1CCC(c2cc(F)ccc2F)(S(=O)(=O)c2ccc(Cl)cc2)CC1. The number of rotatable bonds is 5. The van der Waals surface area contributed by atoms with Gasteiger partial charge in [0.2, 0.25) is 0 Å². The lowest BCUT2D eigenvalue weighted by Crippen LogP contribution is -2.41. The first-order valence-corrected chi connectivity index (χ1v) is 11.0. The number of carbonyl (C=O) groups is 1. The average Bonchev–Trinajstić information content (AvgIpc) is 2.64. The van der Waals surface area contributed by atoms with Gasteiger partial charge in [0.15, 0.2) is 9.84 Å². The summed E-state index contributed by atoms with van der Waals surface area (Å²) < 4.78 is 54.3. The lowest BCUT2D eigenvalue weighted by Gasteiger charge is -2.40. The van der Waals surface area contributed by atoms with Gasteiger partial charge in [-0.3, -0.25) is 0 Å². The quantitative estimate of drug-likeness (QED) is 0.638. The molecule has 28 heavy (non-hydrogen) atoms. The van der Waals surface area contributed by atoms with Gasteiger partial charge in [0.05, 0.1) is 4.90 Å². The molecular weight excluding hydrogens is 406 g/mol. The van der Waals surface area contributed by atoms with Crippen LogP contribution in [-0.2, 0) is 19.4 Å². The third kappa shape index (κ3) is 3.85. The summed E-state index contributed by atoms with van der Waals surface area (Å²) in [6.45, 7) is 1.50. The van der Waals surface area contributed by atoms with Gasteiger partial charge in [0, 0.05) is 17.0 Å². The second kappa shape index (κ2) is 7.91. The van der Waals surface area contributed by atoms with Crippen LogP contribution in [0.1, 0.15) is 44.6 Å². The van der Waals surface area contributed by atoms with Crippen molar-refractivity contribution in [1.29, 1.82) is 0 Å². The van der Waals surface area contributed by atoms with Crippen molar-refractivity contribution in [3.8, 4) is 0 Å². The van der Waals surface area contributed by atoms with Crippen LogP contribution in [0.4, 0.5) is 8.78 Å². The molecule has 7 heteroatoms. The molecule has 0 amide bonds. The lowest BCUT2D eigenvalue weighted by molar-refractivity contribution is -0.118. The molecule has 0 N–H and O–H groups in total. The Morgan fingerprint density at radius 2 is 1.71 bits per heavy atom. The van der Waals surface area contributed by atoms with Crippen molar-refractivity contribution in [2.24, 2.45) is 5.92 Å². The Morgan fingerprint density at radius 1 is 1.11 bits per heavy atom. The molecule has 0 unspecified atom stereocenters. The van der Waals surface area contributed by atoms with E-state index in [1.807, 2.05) is 0 Å². The molecule has 0 radical (unpaired) electrons. The van der Waals surface area contributed by atoms with Crippen LogP contribution in [0.2, 0.25) is 5.02 Å². The summed E-state index contributed by atoms with van der Waals surface area (Å²) in [6, 6.07) is 8.62. The van der Waals surface area contributed by atoms with Gasteiger partial charge < -0.3 is 4.79 Å². The Labute approximate surface area is 168 Å². The van der Waals surface area contributed by atoms with E-state index in [2.05, 4.69) is 0 Å². The normalized spacial score (nSPS) is 22.8. The first-order valence-electron chi connectivity index (χ1n) is 9.11. The zero-order chi connectivity index (χ0) is 20.5. The van der Waals surface area contributed by atoms with Crippen LogP contribution in [0, 0.1) is 17.6 Å². The third-order valence-corrected chi connectivity index (χ3v) is 8.35. The molecule has 2 aromatic rings. The van der Waals surface area contributed by atoms with E-state index in [-0.39, 0.29) is 35.0 Å². The minimum absolute atomic E-state index is 0.0191. The molecule has 0 atom stereocenters. The molecular formula is C21H21ClF2O3S. The van der Waals surface area contributed by atoms with Gasteiger partial charge >= 0.3 is 0 Å². The molecule has 150 valence electrons. The monoisotopic (exact) mass is 426 g/mol. The zero-order valence-corrected chi connectivity index (χ0v) is 17.0. The van der Waals surface area contributed by atoms with E-state index in [1.165, 1.54) is 31.2 Å². The molecule has 1 aliphatic carbocycles. The van der Waals surface area contributed by atoms with Gasteiger partial charge in [-0.1, -0.05) is 11.6 Å². The molecule has 0 heterocycles. The summed E-state index contributed by atoms with van der Waals surface area (Å²) in [5.74, 6) is -1.35. The molecule has 0 spiro atoms. The number of sulfone groups is 1. The molecule has 3 rings (SSSR count). The van der Waals surface area contributed by atoms with Crippen molar-refractivity contribution in [3.63, 3.8) is 0 Å². The molecule has 2 aromatic carbocycles. The van der Waals surface area contributed by atoms with Gasteiger partial charge in [-0.15, -0.1) is 0 Å². The number of carbonyl (C=O) groups excluding carboxylic acids is 1. The third-order valence-electron chi connectivity index (χ3n) is 5.55. The fourth-order valence-corrected chi connectivity index (χ4v) is 6.41. The average molecular weight is 427 g/mol. The van der Waals surface area contributed by atoms with Crippen LogP contribution in [-0.4, -0.2) is 14.2 Å². The topological polar surface area (TPSA) is 51.2 Å². The maximum absolute atomic E-state index is 14.7. The molecule has 0 aliphatic heterocycles. The molecule has 1 aliphatic rings. The highest BCUT2D eigenvalue weighted by molar-refractivity contribution is 7.92. The van der Waals surface area contributed by atoms with E-state index in [0.29, 0.717) is 24.3 Å². The van der Waals surface area contributed by atoms with Gasteiger partial charge in [0.25, 0.3) is 0 Å². The van der Waals surface area contributed by atoms with E-state index < -0.39 is 26.2 Å². The summed E-state index contributed by atoms with van der Waals surface area (Å²) >= 11 is 5.88. The van der Waals surface area contributed by atoms with Gasteiger partial charge in [-0.05, 0) is 81.0 Å². The molecule has 1 saturated carbocycles. The largest absolute Gasteiger partial charge is 0.300 e. The Balaban J connectivity index is 2.12. The second-order valence-corrected chi connectivity index (χ2v) is 10.1. The highest BCUT2D eigenvalue weighted by atomic mass is 35.5. The fourth-order valence-electron chi connectivity index (χ4n) is 4.12. The molecule has 1 fully saturated rings. The summed E-state index contributed by atoms with van der Waals surface area (Å²) in [7, 11) is -4.03. The minimum atomic E-state index is -4.03. The number of halogens is 3. The van der Waals surface area contributed by atoms with Crippen LogP contribution >= 0.6 is 11.6 Å². The van der Waals surface area contributed by atoms with Crippen LogP contribution in [0.25, 0.3) is 0 Å². The zero-order valence-electron chi connectivity index (χ0n) is 15.4. The highest BCUT2D eigenvalue weighted by Gasteiger charge is 2.50. The molecule has 3 nitrogen and oxygen atoms in total. The van der Waals surface area contributed by atoms with Gasteiger partial charge in [-0.2, -0.15) is 0 Å². The number of hydrogen-bond donors (Lipinski definition) is 0. The van der Waals surface area contributed by atoms with Gasteiger partial charge in [-0.25, -0.2) is 17.2 Å². The van der Waals surface area contributed by atoms with Crippen molar-refractivity contribution in [2.45, 2.75) is 48.7 Å². The fraction of sp³-hybridized carbons (Fsp3) is 0.381. The van der Waals surface area contributed by atoms with E-state index in [9.17, 15) is 22.0 Å². The van der Waals surface area contributed by atoms with Crippen molar-refractivity contribution >= 4 is 27.2 Å². The Hall–Kier alpha value is -1.79. The van der Waals surface area contributed by atoms with E-state index in [1.54, 1.807) is 0 Å². The summed E-state index contributed by atoms with van der Waals surface area (Å²) in [4.78, 5) is 11.5. The van der Waals surface area contributed by atoms with Crippen LogP contribution in [0.15, 0.2) is 47.4 Å². The predicted octanol–water partition coefficient (Wildman–Crippen LogP) is 5.46. The number of ketones is 1. The number of Topliss-reactive ketones (excluding diaryl/α,β-unsaturated/α-hetero) is 1. The first-order chi connectivity index (χ1) is 13.2. The van der Waals surface area contributed by atoms with E-state index in [4.69, 9.17) is 11.6 Å². The smallest absolute Gasteiger partial charge is 0.188 e. The standard InChI is InChI=1S/C21H21ClF2O3S/c1-14(25)12-15-8-10-21(11-9-15,19-13-17(23)4-7-20(19)24)28(26,27)18-5-2-16(22)3-6-18/h2-7,13,15H,8-12H2,1H3. The summed E-state index contributed by atoms with van der Waals surface area (Å²) in [5.41, 5.74) is -0.149. The van der Waals surface area contributed by atoms with Crippen molar-refractivity contribution in [1.82, 2.24) is 0 Å². The maximum atomic E-state index is 14.7. The minimum Gasteiger partial charge on any atom is -0.300 e. The lowest BCUT2D eigenvalue weighted by atomic mass is 9.76. The maximum Gasteiger partial charge on any atom is 0.188 e. The Bertz CT molecular complexity index is 979. The van der Waals surface area contributed by atoms with Crippen molar-refractivity contribution in [2.75, 3.05) is 0 Å². The number of hydrogen-bond acceptors (Lipinski definition) is 3. The van der Waals surface area contributed by atoms with Crippen LogP contribution in [0.5, 0.6) is 0 Å². The summed E-state index contributed by atoms with van der Waals surface area (Å²) in [6.07, 6.45) is 1.50. The van der Waals surface area contributed by atoms with Gasteiger partial charge in [0.1, 0.15) is 22.2 Å². The van der Waals surface area contributed by atoms with E-state index >= 15 is 0 Å². The van der Waals surface area contributed by atoms with E-state index in [0.717, 1.165) is 18.2 Å². The van der Waals surface area contributed by atoms with Crippen LogP contribution < -0.4 is 0 Å². The highest BCUT2D eigenvalue weighted by Crippen LogP contribution is 2.49.